The molecule has 0 amide bonds. The van der Waals surface area contributed by atoms with Gasteiger partial charge in [-0.1, -0.05) is 18.2 Å². The van der Waals surface area contributed by atoms with Crippen LogP contribution < -0.4 is 5.73 Å². The van der Waals surface area contributed by atoms with E-state index in [0.29, 0.717) is 6.04 Å². The molecule has 1 saturated heterocycles. The third-order valence-electron chi connectivity index (χ3n) is 3.42. The van der Waals surface area contributed by atoms with Crippen LogP contribution in [-0.4, -0.2) is 33.8 Å². The minimum atomic E-state index is 0. The molecule has 2 aromatic rings. The number of para-hydroxylation sites is 1. The maximum Gasteiger partial charge on any atom is 0.0649 e. The second-order valence-electron chi connectivity index (χ2n) is 4.85. The maximum absolute atomic E-state index is 5.94. The second-order valence-corrected chi connectivity index (χ2v) is 4.85. The average molecular weight is 279 g/mol. The summed E-state index contributed by atoms with van der Waals surface area (Å²) in [6, 6.07) is 12.7. The predicted octanol–water partition coefficient (Wildman–Crippen LogP) is 1.83. The van der Waals surface area contributed by atoms with Crippen molar-refractivity contribution in [3.63, 3.8) is 0 Å². The number of nitrogens with zero attached hydrogens (tertiary/aromatic N) is 3. The minimum absolute atomic E-state index is 0. The van der Waals surface area contributed by atoms with E-state index >= 15 is 0 Å². The van der Waals surface area contributed by atoms with Crippen molar-refractivity contribution in [2.75, 3.05) is 13.1 Å². The van der Waals surface area contributed by atoms with Crippen LogP contribution in [0.3, 0.4) is 0 Å². The third kappa shape index (κ3) is 3.15. The van der Waals surface area contributed by atoms with Crippen LogP contribution >= 0.6 is 12.4 Å². The van der Waals surface area contributed by atoms with Gasteiger partial charge in [-0.05, 0) is 24.6 Å². The van der Waals surface area contributed by atoms with Crippen molar-refractivity contribution in [3.8, 4) is 5.69 Å². The lowest BCUT2D eigenvalue weighted by Gasteiger charge is -2.16. The van der Waals surface area contributed by atoms with Gasteiger partial charge >= 0.3 is 0 Å². The minimum Gasteiger partial charge on any atom is -0.326 e. The van der Waals surface area contributed by atoms with Crippen LogP contribution in [0.5, 0.6) is 0 Å². The smallest absolute Gasteiger partial charge is 0.0649 e. The van der Waals surface area contributed by atoms with Gasteiger partial charge in [0, 0.05) is 31.9 Å². The molecule has 0 saturated carbocycles. The molecule has 1 aromatic carbocycles. The van der Waals surface area contributed by atoms with Crippen molar-refractivity contribution < 1.29 is 0 Å². The Morgan fingerprint density at radius 3 is 2.68 bits per heavy atom. The molecule has 1 aliphatic rings. The highest BCUT2D eigenvalue weighted by atomic mass is 35.5. The summed E-state index contributed by atoms with van der Waals surface area (Å²) in [5.74, 6) is 0. The number of nitrogens with two attached hydrogens (primary N) is 1. The number of hydrogen-bond donors (Lipinski definition) is 1. The molecule has 0 bridgehead atoms. The molecule has 1 atom stereocenters. The third-order valence-corrected chi connectivity index (χ3v) is 3.42. The SMILES string of the molecule is Cl.NC1CCN(Cc2ccnn2-c2ccccc2)C1. The Labute approximate surface area is 119 Å². The number of halogens is 1. The normalized spacial score (nSPS) is 19.3. The zero-order valence-electron chi connectivity index (χ0n) is 10.8. The standard InChI is InChI=1S/C14H18N4.ClH/c15-12-7-9-17(10-12)11-14-6-8-16-18(14)13-4-2-1-3-5-13;/h1-6,8,12H,7,9-11,15H2;1H. The quantitative estimate of drug-likeness (QED) is 0.932. The number of likely N-dealkylation sites (tertiary alicyclic amines) is 1. The predicted molar refractivity (Wildman–Crippen MR) is 78.7 cm³/mol. The topological polar surface area (TPSA) is 47.1 Å². The Kier molecular flexibility index (Phi) is 4.58. The molecule has 0 radical (unpaired) electrons. The van der Waals surface area contributed by atoms with Gasteiger partial charge in [0.1, 0.15) is 0 Å². The van der Waals surface area contributed by atoms with E-state index in [1.165, 1.54) is 5.69 Å². The first-order valence-corrected chi connectivity index (χ1v) is 6.39. The molecule has 1 aliphatic heterocycles. The molecule has 1 unspecified atom stereocenters. The Hall–Kier alpha value is -1.36. The lowest BCUT2D eigenvalue weighted by molar-refractivity contribution is 0.319. The van der Waals surface area contributed by atoms with E-state index in [4.69, 9.17) is 5.73 Å². The molecule has 19 heavy (non-hydrogen) atoms. The van der Waals surface area contributed by atoms with Crippen molar-refractivity contribution in [1.82, 2.24) is 14.7 Å². The van der Waals surface area contributed by atoms with Gasteiger partial charge in [-0.2, -0.15) is 5.10 Å². The van der Waals surface area contributed by atoms with Crippen molar-refractivity contribution in [3.05, 3.63) is 48.3 Å². The first-order valence-electron chi connectivity index (χ1n) is 6.39. The van der Waals surface area contributed by atoms with Crippen LogP contribution in [0.1, 0.15) is 12.1 Å². The highest BCUT2D eigenvalue weighted by molar-refractivity contribution is 5.85. The molecule has 3 rings (SSSR count). The number of benzene rings is 1. The number of aromatic nitrogens is 2. The van der Waals surface area contributed by atoms with Gasteiger partial charge in [0.15, 0.2) is 0 Å². The van der Waals surface area contributed by atoms with Gasteiger partial charge < -0.3 is 5.73 Å². The van der Waals surface area contributed by atoms with Gasteiger partial charge in [-0.15, -0.1) is 12.4 Å². The van der Waals surface area contributed by atoms with E-state index < -0.39 is 0 Å². The van der Waals surface area contributed by atoms with Crippen LogP contribution in [0.2, 0.25) is 0 Å². The van der Waals surface area contributed by atoms with Crippen LogP contribution in [0.25, 0.3) is 5.69 Å². The summed E-state index contributed by atoms with van der Waals surface area (Å²) in [5.41, 5.74) is 8.27. The van der Waals surface area contributed by atoms with Crippen molar-refractivity contribution in [1.29, 1.82) is 0 Å². The largest absolute Gasteiger partial charge is 0.326 e. The summed E-state index contributed by atoms with van der Waals surface area (Å²) in [6.45, 7) is 2.99. The first-order chi connectivity index (χ1) is 8.83. The van der Waals surface area contributed by atoms with E-state index in [-0.39, 0.29) is 12.4 Å². The molecule has 0 spiro atoms. The van der Waals surface area contributed by atoms with Crippen molar-refractivity contribution >= 4 is 12.4 Å². The fourth-order valence-corrected chi connectivity index (χ4v) is 2.49. The van der Waals surface area contributed by atoms with Crippen LogP contribution in [-0.2, 0) is 6.54 Å². The van der Waals surface area contributed by atoms with Gasteiger partial charge in [0.05, 0.1) is 11.4 Å². The lowest BCUT2D eigenvalue weighted by atomic mass is 10.3. The Bertz CT molecular complexity index is 511. The lowest BCUT2D eigenvalue weighted by Crippen LogP contribution is -2.27. The summed E-state index contributed by atoms with van der Waals surface area (Å²) < 4.78 is 2.00. The molecular weight excluding hydrogens is 260 g/mol. The molecule has 1 aromatic heterocycles. The summed E-state index contributed by atoms with van der Waals surface area (Å²) in [7, 11) is 0. The zero-order valence-corrected chi connectivity index (χ0v) is 11.6. The van der Waals surface area contributed by atoms with E-state index in [9.17, 15) is 0 Å². The van der Waals surface area contributed by atoms with Crippen molar-refractivity contribution in [2.24, 2.45) is 5.73 Å². The summed E-state index contributed by atoms with van der Waals surface area (Å²) in [4.78, 5) is 2.39. The van der Waals surface area contributed by atoms with Crippen LogP contribution in [0.15, 0.2) is 42.6 Å². The fraction of sp³-hybridized carbons (Fsp3) is 0.357. The molecule has 0 aliphatic carbocycles. The molecular formula is C14H19ClN4. The first kappa shape index (κ1) is 14.1. The zero-order chi connectivity index (χ0) is 12.4. The monoisotopic (exact) mass is 278 g/mol. The molecule has 2 heterocycles. The summed E-state index contributed by atoms with van der Waals surface area (Å²) >= 11 is 0. The highest BCUT2D eigenvalue weighted by Gasteiger charge is 2.20. The van der Waals surface area contributed by atoms with Crippen LogP contribution in [0.4, 0.5) is 0 Å². The molecule has 4 nitrogen and oxygen atoms in total. The molecule has 2 N–H and O–H groups in total. The molecule has 5 heteroatoms. The fourth-order valence-electron chi connectivity index (χ4n) is 2.49. The van der Waals surface area contributed by atoms with Gasteiger partial charge in [0.25, 0.3) is 0 Å². The molecule has 102 valence electrons. The van der Waals surface area contributed by atoms with E-state index in [2.05, 4.69) is 28.2 Å². The maximum atomic E-state index is 5.94. The Morgan fingerprint density at radius 1 is 1.21 bits per heavy atom. The molecule has 1 fully saturated rings. The average Bonchev–Trinajstić information content (AvgIpc) is 3.00. The summed E-state index contributed by atoms with van der Waals surface area (Å²) in [5, 5.41) is 4.41. The number of hydrogen-bond acceptors (Lipinski definition) is 3. The second kappa shape index (κ2) is 6.19. The van der Waals surface area contributed by atoms with Gasteiger partial charge in [-0.25, -0.2) is 4.68 Å². The summed E-state index contributed by atoms with van der Waals surface area (Å²) in [6.07, 6.45) is 2.96. The Morgan fingerprint density at radius 2 is 2.00 bits per heavy atom. The van der Waals surface area contributed by atoms with Gasteiger partial charge in [0.2, 0.25) is 0 Å². The highest BCUT2D eigenvalue weighted by Crippen LogP contribution is 2.15. The van der Waals surface area contributed by atoms with E-state index in [0.717, 1.165) is 31.7 Å². The number of rotatable bonds is 3. The van der Waals surface area contributed by atoms with Crippen LogP contribution in [0, 0.1) is 0 Å². The van der Waals surface area contributed by atoms with E-state index in [1.54, 1.807) is 0 Å². The van der Waals surface area contributed by atoms with Gasteiger partial charge in [-0.3, -0.25) is 4.90 Å². The van der Waals surface area contributed by atoms with E-state index in [1.807, 2.05) is 29.1 Å². The Balaban J connectivity index is 0.00000133. The van der Waals surface area contributed by atoms with Crippen molar-refractivity contribution in [2.45, 2.75) is 19.0 Å².